The van der Waals surface area contributed by atoms with Crippen molar-refractivity contribution in [1.82, 2.24) is 5.32 Å². The molecule has 0 heterocycles. The molecule has 1 aromatic carbocycles. The minimum Gasteiger partial charge on any atom is -0.496 e. The lowest BCUT2D eigenvalue weighted by atomic mass is 10.0. The maximum Gasteiger partial charge on any atom is 0.123 e. The Kier molecular flexibility index (Phi) is 4.81. The van der Waals surface area contributed by atoms with E-state index < -0.39 is 0 Å². The number of hydrogen-bond acceptors (Lipinski definition) is 2. The van der Waals surface area contributed by atoms with E-state index >= 15 is 0 Å². The largest absolute Gasteiger partial charge is 0.496 e. The van der Waals surface area contributed by atoms with Gasteiger partial charge in [0, 0.05) is 17.6 Å². The van der Waals surface area contributed by atoms with E-state index in [2.05, 4.69) is 45.1 Å². The molecule has 2 nitrogen and oxygen atoms in total. The van der Waals surface area contributed by atoms with Crippen LogP contribution in [-0.4, -0.2) is 13.2 Å². The fourth-order valence-corrected chi connectivity index (χ4v) is 1.70. The zero-order chi connectivity index (χ0) is 12.1. The monoisotopic (exact) mass is 221 g/mol. The maximum absolute atomic E-state index is 5.37. The number of benzene rings is 1. The Labute approximate surface area is 99.0 Å². The molecule has 0 aromatic heterocycles. The van der Waals surface area contributed by atoms with E-state index in [1.807, 2.05) is 12.1 Å². The molecular weight excluding hydrogens is 198 g/mol. The smallest absolute Gasteiger partial charge is 0.123 e. The van der Waals surface area contributed by atoms with Crippen LogP contribution in [0.4, 0.5) is 0 Å². The van der Waals surface area contributed by atoms with Crippen molar-refractivity contribution in [2.75, 3.05) is 7.11 Å². The molecule has 0 aliphatic rings. The van der Waals surface area contributed by atoms with E-state index in [1.165, 1.54) is 5.56 Å². The number of hydrogen-bond donors (Lipinski definition) is 1. The summed E-state index contributed by atoms with van der Waals surface area (Å²) in [5.74, 6) is 1.59. The third-order valence-corrected chi connectivity index (χ3v) is 3.12. The summed E-state index contributed by atoms with van der Waals surface area (Å²) in [7, 11) is 1.72. The van der Waals surface area contributed by atoms with Crippen LogP contribution >= 0.6 is 0 Å². The van der Waals surface area contributed by atoms with Crippen LogP contribution in [-0.2, 0) is 0 Å². The van der Waals surface area contributed by atoms with Gasteiger partial charge in [-0.2, -0.15) is 0 Å². The zero-order valence-electron chi connectivity index (χ0n) is 10.9. The Morgan fingerprint density at radius 1 is 1.06 bits per heavy atom. The van der Waals surface area contributed by atoms with Crippen molar-refractivity contribution in [3.05, 3.63) is 29.8 Å². The first-order valence-electron chi connectivity index (χ1n) is 5.95. The van der Waals surface area contributed by atoms with Gasteiger partial charge in [-0.15, -0.1) is 0 Å². The topological polar surface area (TPSA) is 21.3 Å². The van der Waals surface area contributed by atoms with Gasteiger partial charge in [-0.05, 0) is 25.8 Å². The first-order chi connectivity index (χ1) is 7.56. The second kappa shape index (κ2) is 5.90. The van der Waals surface area contributed by atoms with Crippen LogP contribution in [0.25, 0.3) is 0 Å². The molecule has 1 unspecified atom stereocenters. The average molecular weight is 221 g/mol. The molecule has 0 aliphatic heterocycles. The summed E-state index contributed by atoms with van der Waals surface area (Å²) < 4.78 is 5.37. The normalized spacial score (nSPS) is 14.9. The minimum absolute atomic E-state index is 0.313. The third kappa shape index (κ3) is 3.24. The molecule has 1 N–H and O–H groups in total. The number of nitrogens with one attached hydrogen (secondary N) is 1. The van der Waals surface area contributed by atoms with Gasteiger partial charge in [0.05, 0.1) is 7.11 Å². The molecule has 1 rings (SSSR count). The summed E-state index contributed by atoms with van der Waals surface area (Å²) in [4.78, 5) is 0. The van der Waals surface area contributed by atoms with Crippen LogP contribution < -0.4 is 10.1 Å². The molecule has 0 amide bonds. The Hall–Kier alpha value is -1.02. The Balaban J connectivity index is 2.76. The van der Waals surface area contributed by atoms with Crippen molar-refractivity contribution in [2.45, 2.75) is 39.8 Å². The minimum atomic E-state index is 0.313. The van der Waals surface area contributed by atoms with E-state index in [1.54, 1.807) is 7.11 Å². The lowest BCUT2D eigenvalue weighted by Crippen LogP contribution is -2.33. The Bertz CT molecular complexity index is 322. The molecule has 2 atom stereocenters. The predicted molar refractivity (Wildman–Crippen MR) is 68.8 cm³/mol. The molecular formula is C14H23NO. The van der Waals surface area contributed by atoms with Gasteiger partial charge in [0.1, 0.15) is 5.75 Å². The van der Waals surface area contributed by atoms with E-state index in [0.29, 0.717) is 18.0 Å². The first-order valence-corrected chi connectivity index (χ1v) is 5.95. The summed E-state index contributed by atoms with van der Waals surface area (Å²) >= 11 is 0. The van der Waals surface area contributed by atoms with Crippen molar-refractivity contribution in [3.8, 4) is 5.75 Å². The standard InChI is InChI=1S/C14H23NO/c1-10(2)11(3)15-12(4)13-8-6-7-9-14(13)16-5/h6-12,15H,1-5H3/t11?,12-/m0/s1. The number of rotatable bonds is 5. The van der Waals surface area contributed by atoms with Gasteiger partial charge in [-0.1, -0.05) is 32.0 Å². The van der Waals surface area contributed by atoms with Gasteiger partial charge >= 0.3 is 0 Å². The van der Waals surface area contributed by atoms with E-state index in [9.17, 15) is 0 Å². The van der Waals surface area contributed by atoms with Crippen LogP contribution in [0.1, 0.15) is 39.3 Å². The van der Waals surface area contributed by atoms with Gasteiger partial charge in [0.15, 0.2) is 0 Å². The van der Waals surface area contributed by atoms with Gasteiger partial charge in [0.2, 0.25) is 0 Å². The number of ether oxygens (including phenoxy) is 1. The highest BCUT2D eigenvalue weighted by Crippen LogP contribution is 2.25. The molecule has 0 fully saturated rings. The predicted octanol–water partition coefficient (Wildman–Crippen LogP) is 3.39. The first kappa shape index (κ1) is 13.0. The second-order valence-electron chi connectivity index (χ2n) is 4.66. The van der Waals surface area contributed by atoms with Gasteiger partial charge in [0.25, 0.3) is 0 Å². The van der Waals surface area contributed by atoms with Gasteiger partial charge < -0.3 is 10.1 Å². The number of methoxy groups -OCH3 is 1. The van der Waals surface area contributed by atoms with Crippen LogP contribution in [0, 0.1) is 5.92 Å². The molecule has 2 heteroatoms. The quantitative estimate of drug-likeness (QED) is 0.823. The Morgan fingerprint density at radius 3 is 2.25 bits per heavy atom. The molecule has 1 aromatic rings. The lowest BCUT2D eigenvalue weighted by Gasteiger charge is -2.24. The van der Waals surface area contributed by atoms with Crippen LogP contribution in [0.3, 0.4) is 0 Å². The summed E-state index contributed by atoms with van der Waals surface area (Å²) in [6, 6.07) is 8.99. The summed E-state index contributed by atoms with van der Waals surface area (Å²) in [6.07, 6.45) is 0. The fraction of sp³-hybridized carbons (Fsp3) is 0.571. The van der Waals surface area contributed by atoms with Crippen LogP contribution in [0.5, 0.6) is 5.75 Å². The zero-order valence-corrected chi connectivity index (χ0v) is 10.9. The maximum atomic E-state index is 5.37. The molecule has 0 saturated heterocycles. The second-order valence-corrected chi connectivity index (χ2v) is 4.66. The van der Waals surface area contributed by atoms with Crippen molar-refractivity contribution < 1.29 is 4.74 Å². The molecule has 16 heavy (non-hydrogen) atoms. The van der Waals surface area contributed by atoms with E-state index in [-0.39, 0.29) is 0 Å². The number of para-hydroxylation sites is 1. The third-order valence-electron chi connectivity index (χ3n) is 3.12. The van der Waals surface area contributed by atoms with Crippen molar-refractivity contribution in [2.24, 2.45) is 5.92 Å². The molecule has 0 spiro atoms. The highest BCUT2D eigenvalue weighted by Gasteiger charge is 2.14. The van der Waals surface area contributed by atoms with Crippen LogP contribution in [0.2, 0.25) is 0 Å². The van der Waals surface area contributed by atoms with Crippen molar-refractivity contribution >= 4 is 0 Å². The summed E-state index contributed by atoms with van der Waals surface area (Å²) in [5.41, 5.74) is 1.22. The molecule has 90 valence electrons. The molecule has 0 radical (unpaired) electrons. The molecule has 0 saturated carbocycles. The highest BCUT2D eigenvalue weighted by molar-refractivity contribution is 5.35. The molecule has 0 aliphatic carbocycles. The van der Waals surface area contributed by atoms with Crippen LogP contribution in [0.15, 0.2) is 24.3 Å². The fourth-order valence-electron chi connectivity index (χ4n) is 1.70. The molecule has 0 bridgehead atoms. The summed E-state index contributed by atoms with van der Waals surface area (Å²) in [5, 5.41) is 3.59. The van der Waals surface area contributed by atoms with E-state index in [0.717, 1.165) is 5.75 Å². The Morgan fingerprint density at radius 2 is 1.69 bits per heavy atom. The van der Waals surface area contributed by atoms with E-state index in [4.69, 9.17) is 4.74 Å². The average Bonchev–Trinajstić information content (AvgIpc) is 2.28. The van der Waals surface area contributed by atoms with Gasteiger partial charge in [-0.3, -0.25) is 0 Å². The summed E-state index contributed by atoms with van der Waals surface area (Å²) in [6.45, 7) is 8.85. The van der Waals surface area contributed by atoms with Crippen molar-refractivity contribution in [3.63, 3.8) is 0 Å². The lowest BCUT2D eigenvalue weighted by molar-refractivity contribution is 0.369. The SMILES string of the molecule is COc1ccccc1[C@H](C)NC(C)C(C)C. The van der Waals surface area contributed by atoms with Gasteiger partial charge in [-0.25, -0.2) is 0 Å². The highest BCUT2D eigenvalue weighted by atomic mass is 16.5. The van der Waals surface area contributed by atoms with Crippen molar-refractivity contribution in [1.29, 1.82) is 0 Å².